The number of aliphatic hydroxyl groups excluding tert-OH is 2. The molecular formula is C10H23NO2. The second-order valence-electron chi connectivity index (χ2n) is 3.61. The highest BCUT2D eigenvalue weighted by Gasteiger charge is 2.24. The molecule has 0 fully saturated rings. The van der Waals surface area contributed by atoms with Crippen LogP contribution in [0.5, 0.6) is 0 Å². The van der Waals surface area contributed by atoms with Crippen LogP contribution >= 0.6 is 0 Å². The fourth-order valence-corrected chi connectivity index (χ4v) is 1.59. The van der Waals surface area contributed by atoms with Crippen molar-refractivity contribution in [1.29, 1.82) is 0 Å². The van der Waals surface area contributed by atoms with Crippen molar-refractivity contribution in [2.75, 3.05) is 6.54 Å². The van der Waals surface area contributed by atoms with Crippen molar-refractivity contribution in [3.63, 3.8) is 0 Å². The van der Waals surface area contributed by atoms with Crippen LogP contribution in [0.25, 0.3) is 0 Å². The summed E-state index contributed by atoms with van der Waals surface area (Å²) in [6.07, 6.45) is 2.41. The van der Waals surface area contributed by atoms with Gasteiger partial charge in [0.25, 0.3) is 0 Å². The molecule has 2 unspecified atom stereocenters. The van der Waals surface area contributed by atoms with E-state index in [-0.39, 0.29) is 5.92 Å². The van der Waals surface area contributed by atoms with Crippen molar-refractivity contribution in [2.45, 2.75) is 51.7 Å². The van der Waals surface area contributed by atoms with Crippen molar-refractivity contribution >= 4 is 0 Å². The Labute approximate surface area is 81.0 Å². The number of hydrogen-bond acceptors (Lipinski definition) is 3. The predicted molar refractivity (Wildman–Crippen MR) is 54.4 cm³/mol. The van der Waals surface area contributed by atoms with E-state index in [9.17, 15) is 10.2 Å². The summed E-state index contributed by atoms with van der Waals surface area (Å²) in [4.78, 5) is 0. The van der Waals surface area contributed by atoms with Crippen LogP contribution in [0.15, 0.2) is 0 Å². The lowest BCUT2D eigenvalue weighted by Crippen LogP contribution is -2.37. The second kappa shape index (κ2) is 7.30. The van der Waals surface area contributed by atoms with E-state index < -0.39 is 12.2 Å². The van der Waals surface area contributed by atoms with Gasteiger partial charge in [0, 0.05) is 12.5 Å². The van der Waals surface area contributed by atoms with Gasteiger partial charge in [-0.15, -0.1) is 0 Å². The monoisotopic (exact) mass is 189 g/mol. The Bertz CT molecular complexity index is 107. The van der Waals surface area contributed by atoms with E-state index in [1.54, 1.807) is 0 Å². The van der Waals surface area contributed by atoms with Crippen LogP contribution in [-0.4, -0.2) is 29.0 Å². The molecule has 3 nitrogen and oxygen atoms in total. The van der Waals surface area contributed by atoms with Gasteiger partial charge >= 0.3 is 0 Å². The van der Waals surface area contributed by atoms with Crippen LogP contribution in [0.2, 0.25) is 0 Å². The van der Waals surface area contributed by atoms with E-state index in [1.807, 2.05) is 13.8 Å². The fourth-order valence-electron chi connectivity index (χ4n) is 1.59. The van der Waals surface area contributed by atoms with Crippen LogP contribution in [0, 0.1) is 5.92 Å². The summed E-state index contributed by atoms with van der Waals surface area (Å²) in [5.74, 6) is -0.153. The van der Waals surface area contributed by atoms with Gasteiger partial charge in [0.1, 0.15) is 0 Å². The molecule has 0 spiro atoms. The average molecular weight is 189 g/mol. The lowest BCUT2D eigenvalue weighted by molar-refractivity contribution is 0.00841. The predicted octanol–water partition coefficient (Wildman–Crippen LogP) is 0.883. The molecule has 0 aromatic carbocycles. The van der Waals surface area contributed by atoms with Gasteiger partial charge in [0.05, 0.1) is 12.2 Å². The maximum Gasteiger partial charge on any atom is 0.0605 e. The van der Waals surface area contributed by atoms with E-state index >= 15 is 0 Å². The zero-order valence-corrected chi connectivity index (χ0v) is 8.74. The number of rotatable bonds is 7. The van der Waals surface area contributed by atoms with Gasteiger partial charge in [-0.2, -0.15) is 0 Å². The van der Waals surface area contributed by atoms with Gasteiger partial charge in [-0.05, 0) is 12.8 Å². The zero-order valence-electron chi connectivity index (χ0n) is 8.74. The van der Waals surface area contributed by atoms with E-state index in [4.69, 9.17) is 5.73 Å². The van der Waals surface area contributed by atoms with Crippen molar-refractivity contribution in [3.05, 3.63) is 0 Å². The molecule has 0 saturated carbocycles. The lowest BCUT2D eigenvalue weighted by atomic mass is 9.91. The smallest absolute Gasteiger partial charge is 0.0605 e. The molecule has 80 valence electrons. The maximum absolute atomic E-state index is 9.67. The highest BCUT2D eigenvalue weighted by atomic mass is 16.3. The minimum atomic E-state index is -0.448. The van der Waals surface area contributed by atoms with Crippen molar-refractivity contribution in [3.8, 4) is 0 Å². The molecule has 0 amide bonds. The van der Waals surface area contributed by atoms with E-state index in [0.717, 1.165) is 25.7 Å². The molecule has 4 N–H and O–H groups in total. The molecule has 0 aliphatic rings. The summed E-state index contributed by atoms with van der Waals surface area (Å²) in [7, 11) is 0. The molecule has 0 aliphatic carbocycles. The minimum absolute atomic E-state index is 0.153. The number of aliphatic hydroxyl groups is 2. The molecular weight excluding hydrogens is 166 g/mol. The SMILES string of the molecule is CCCC(O)C(CN)C(O)CCC. The molecule has 2 atom stereocenters. The van der Waals surface area contributed by atoms with Crippen LogP contribution < -0.4 is 5.73 Å². The van der Waals surface area contributed by atoms with Crippen molar-refractivity contribution in [2.24, 2.45) is 11.7 Å². The molecule has 0 aromatic heterocycles. The van der Waals surface area contributed by atoms with Crippen LogP contribution in [0.4, 0.5) is 0 Å². The zero-order chi connectivity index (χ0) is 10.3. The van der Waals surface area contributed by atoms with Crippen molar-refractivity contribution in [1.82, 2.24) is 0 Å². The van der Waals surface area contributed by atoms with Gasteiger partial charge in [0.15, 0.2) is 0 Å². The van der Waals surface area contributed by atoms with E-state index in [1.165, 1.54) is 0 Å². The summed E-state index contributed by atoms with van der Waals surface area (Å²) in [5.41, 5.74) is 5.52. The average Bonchev–Trinajstić information content (AvgIpc) is 2.06. The highest BCUT2D eigenvalue weighted by Crippen LogP contribution is 2.16. The lowest BCUT2D eigenvalue weighted by Gasteiger charge is -2.25. The molecule has 0 radical (unpaired) electrons. The topological polar surface area (TPSA) is 66.5 Å². The third-order valence-electron chi connectivity index (χ3n) is 2.43. The molecule has 3 heteroatoms. The first-order valence-corrected chi connectivity index (χ1v) is 5.23. The summed E-state index contributed by atoms with van der Waals surface area (Å²) in [6, 6.07) is 0. The van der Waals surface area contributed by atoms with Gasteiger partial charge in [-0.25, -0.2) is 0 Å². The van der Waals surface area contributed by atoms with Crippen LogP contribution in [-0.2, 0) is 0 Å². The maximum atomic E-state index is 9.67. The largest absolute Gasteiger partial charge is 0.393 e. The van der Waals surface area contributed by atoms with Crippen LogP contribution in [0.3, 0.4) is 0 Å². The summed E-state index contributed by atoms with van der Waals surface area (Å²) < 4.78 is 0. The van der Waals surface area contributed by atoms with E-state index in [2.05, 4.69) is 0 Å². The van der Waals surface area contributed by atoms with E-state index in [0.29, 0.717) is 6.54 Å². The molecule has 0 heterocycles. The molecule has 0 bridgehead atoms. The Hall–Kier alpha value is -0.120. The summed E-state index contributed by atoms with van der Waals surface area (Å²) in [5, 5.41) is 19.3. The molecule has 13 heavy (non-hydrogen) atoms. The molecule has 0 aliphatic heterocycles. The minimum Gasteiger partial charge on any atom is -0.393 e. The standard InChI is InChI=1S/C10H23NO2/c1-3-5-9(12)8(7-11)10(13)6-4-2/h8-10,12-13H,3-7,11H2,1-2H3. The summed E-state index contributed by atoms with van der Waals surface area (Å²) in [6.45, 7) is 4.40. The third-order valence-corrected chi connectivity index (χ3v) is 2.43. The first kappa shape index (κ1) is 12.9. The Morgan fingerprint density at radius 1 is 1.00 bits per heavy atom. The molecule has 0 rings (SSSR count). The fraction of sp³-hybridized carbons (Fsp3) is 1.00. The Morgan fingerprint density at radius 2 is 1.38 bits per heavy atom. The first-order chi connectivity index (χ1) is 6.17. The quantitative estimate of drug-likeness (QED) is 0.557. The first-order valence-electron chi connectivity index (χ1n) is 5.23. The summed E-state index contributed by atoms with van der Waals surface area (Å²) >= 11 is 0. The third kappa shape index (κ3) is 4.60. The Morgan fingerprint density at radius 3 is 1.62 bits per heavy atom. The normalized spacial score (nSPS) is 18.2. The highest BCUT2D eigenvalue weighted by molar-refractivity contribution is 4.76. The number of nitrogens with two attached hydrogens (primary N) is 1. The number of hydrogen-bond donors (Lipinski definition) is 3. The van der Waals surface area contributed by atoms with Gasteiger partial charge in [-0.3, -0.25) is 0 Å². The van der Waals surface area contributed by atoms with Crippen molar-refractivity contribution < 1.29 is 10.2 Å². The molecule has 0 aromatic rings. The second-order valence-corrected chi connectivity index (χ2v) is 3.61. The Balaban J connectivity index is 3.98. The Kier molecular flexibility index (Phi) is 7.23. The molecule has 0 saturated heterocycles. The van der Waals surface area contributed by atoms with Gasteiger partial charge in [-0.1, -0.05) is 26.7 Å². The van der Waals surface area contributed by atoms with Crippen LogP contribution in [0.1, 0.15) is 39.5 Å². The van der Waals surface area contributed by atoms with Gasteiger partial charge in [0.2, 0.25) is 0 Å². The van der Waals surface area contributed by atoms with Gasteiger partial charge < -0.3 is 15.9 Å².